The molecule has 0 saturated heterocycles. The van der Waals surface area contributed by atoms with Crippen LogP contribution in [0.3, 0.4) is 0 Å². The highest BCUT2D eigenvalue weighted by Crippen LogP contribution is 2.26. The molecule has 3 rings (SSSR count). The smallest absolute Gasteiger partial charge is 0.219 e. The van der Waals surface area contributed by atoms with Gasteiger partial charge in [0.15, 0.2) is 0 Å². The summed E-state index contributed by atoms with van der Waals surface area (Å²) in [5.74, 6) is 1.61. The Labute approximate surface area is 120 Å². The lowest BCUT2D eigenvalue weighted by Crippen LogP contribution is -2.06. The van der Waals surface area contributed by atoms with Gasteiger partial charge in [-0.3, -0.25) is 0 Å². The Morgan fingerprint density at radius 3 is 2.74 bits per heavy atom. The number of hydrogen-bond donors (Lipinski definition) is 0. The second kappa shape index (κ2) is 5.38. The molecule has 8 heteroatoms. The number of fused-ring (bicyclic) bond motifs is 1. The van der Waals surface area contributed by atoms with Crippen molar-refractivity contribution in [2.24, 2.45) is 0 Å². The Morgan fingerprint density at radius 1 is 1.16 bits per heavy atom. The van der Waals surface area contributed by atoms with Crippen molar-refractivity contribution in [1.82, 2.24) is 24.7 Å². The average molecular weight is 298 g/mol. The number of benzene rings is 1. The van der Waals surface area contributed by atoms with Gasteiger partial charge in [0, 0.05) is 11.1 Å². The van der Waals surface area contributed by atoms with Gasteiger partial charge in [-0.25, -0.2) is 19.6 Å². The number of halogens is 2. The molecule has 0 saturated carbocycles. The van der Waals surface area contributed by atoms with Crippen molar-refractivity contribution >= 4 is 24.0 Å². The molecule has 0 radical (unpaired) electrons. The molecule has 98 valence electrons. The SMILES string of the molecule is COc1cc(Cl)ccc1-n1cnc2ncnc-2n1.Cl. The maximum Gasteiger partial charge on any atom is 0.219 e. The third-order valence-electron chi connectivity index (χ3n) is 2.44. The van der Waals surface area contributed by atoms with Crippen LogP contribution < -0.4 is 4.74 Å². The maximum absolute atomic E-state index is 5.91. The van der Waals surface area contributed by atoms with E-state index in [4.69, 9.17) is 16.3 Å². The van der Waals surface area contributed by atoms with Crippen LogP contribution in [-0.4, -0.2) is 31.8 Å². The fourth-order valence-corrected chi connectivity index (χ4v) is 1.77. The second-order valence-electron chi connectivity index (χ2n) is 3.53. The molecule has 0 aliphatic carbocycles. The van der Waals surface area contributed by atoms with Gasteiger partial charge in [-0.05, 0) is 12.1 Å². The van der Waals surface area contributed by atoms with Gasteiger partial charge in [0.25, 0.3) is 0 Å². The molecule has 0 aromatic heterocycles. The summed E-state index contributed by atoms with van der Waals surface area (Å²) >= 11 is 5.91. The van der Waals surface area contributed by atoms with Crippen LogP contribution in [0, 0.1) is 0 Å². The summed E-state index contributed by atoms with van der Waals surface area (Å²) in [6.45, 7) is 0. The third kappa shape index (κ3) is 2.45. The molecular weight excluding hydrogens is 289 g/mol. The van der Waals surface area contributed by atoms with E-state index in [1.54, 1.807) is 36.3 Å². The van der Waals surface area contributed by atoms with E-state index in [2.05, 4.69) is 20.1 Å². The average Bonchev–Trinajstić information content (AvgIpc) is 2.85. The summed E-state index contributed by atoms with van der Waals surface area (Å²) in [5, 5.41) is 4.90. The van der Waals surface area contributed by atoms with Gasteiger partial charge in [0.2, 0.25) is 11.6 Å². The van der Waals surface area contributed by atoms with Crippen molar-refractivity contribution in [3.8, 4) is 23.1 Å². The molecule has 2 aliphatic heterocycles. The summed E-state index contributed by atoms with van der Waals surface area (Å²) in [5.41, 5.74) is 0.735. The van der Waals surface area contributed by atoms with Crippen molar-refractivity contribution in [3.63, 3.8) is 0 Å². The minimum atomic E-state index is 0. The van der Waals surface area contributed by atoms with E-state index in [9.17, 15) is 0 Å². The Kier molecular flexibility index (Phi) is 3.82. The number of hydrogen-bond acceptors (Lipinski definition) is 5. The predicted octanol–water partition coefficient (Wildman–Crippen LogP) is 2.25. The number of methoxy groups -OCH3 is 1. The van der Waals surface area contributed by atoms with E-state index in [1.165, 1.54) is 6.33 Å². The summed E-state index contributed by atoms with van der Waals surface area (Å²) in [7, 11) is 1.57. The number of nitrogens with zero attached hydrogens (tertiary/aromatic N) is 5. The minimum absolute atomic E-state index is 0. The van der Waals surface area contributed by atoms with Gasteiger partial charge in [0.1, 0.15) is 24.1 Å². The van der Waals surface area contributed by atoms with Crippen molar-refractivity contribution in [1.29, 1.82) is 0 Å². The molecule has 0 spiro atoms. The molecule has 0 amide bonds. The highest BCUT2D eigenvalue weighted by molar-refractivity contribution is 6.30. The van der Waals surface area contributed by atoms with Crippen molar-refractivity contribution in [3.05, 3.63) is 35.9 Å². The largest absolute Gasteiger partial charge is 0.494 e. The number of aromatic nitrogens is 5. The maximum atomic E-state index is 5.91. The molecule has 0 bridgehead atoms. The topological polar surface area (TPSA) is 65.7 Å². The van der Waals surface area contributed by atoms with E-state index in [-0.39, 0.29) is 12.4 Å². The number of ether oxygens (including phenoxy) is 1. The lowest BCUT2D eigenvalue weighted by Gasteiger charge is -2.10. The fraction of sp³-hybridized carbons (Fsp3) is 0.0909. The normalized spacial score (nSPS) is 10.2. The predicted molar refractivity (Wildman–Crippen MR) is 72.4 cm³/mol. The van der Waals surface area contributed by atoms with E-state index in [0.717, 1.165) is 5.69 Å². The van der Waals surface area contributed by atoms with Crippen molar-refractivity contribution in [2.75, 3.05) is 7.11 Å². The monoisotopic (exact) mass is 297 g/mol. The molecule has 1 aromatic carbocycles. The zero-order valence-electron chi connectivity index (χ0n) is 9.82. The van der Waals surface area contributed by atoms with Gasteiger partial charge in [-0.2, -0.15) is 0 Å². The Hall–Kier alpha value is -1.92. The molecule has 0 N–H and O–H groups in total. The summed E-state index contributed by atoms with van der Waals surface area (Å²) in [4.78, 5) is 12.1. The lowest BCUT2D eigenvalue weighted by atomic mass is 10.3. The molecule has 0 atom stereocenters. The van der Waals surface area contributed by atoms with Gasteiger partial charge in [-0.1, -0.05) is 11.6 Å². The Bertz CT molecular complexity index is 672. The van der Waals surface area contributed by atoms with Crippen LogP contribution in [0.4, 0.5) is 0 Å². The standard InChI is InChI=1S/C11H8ClN5O.ClH/c1-18-9-4-7(12)2-3-8(9)17-6-15-10-11(16-17)14-5-13-10;/h2-6H,1H3;1H. The summed E-state index contributed by atoms with van der Waals surface area (Å²) < 4.78 is 6.84. The van der Waals surface area contributed by atoms with E-state index in [0.29, 0.717) is 22.4 Å². The first-order valence-electron chi connectivity index (χ1n) is 5.14. The first-order chi connectivity index (χ1) is 8.78. The van der Waals surface area contributed by atoms with Crippen molar-refractivity contribution in [2.45, 2.75) is 0 Å². The Morgan fingerprint density at radius 2 is 1.95 bits per heavy atom. The van der Waals surface area contributed by atoms with Gasteiger partial charge >= 0.3 is 0 Å². The highest BCUT2D eigenvalue weighted by Gasteiger charge is 2.12. The molecule has 1 aromatic rings. The highest BCUT2D eigenvalue weighted by atomic mass is 35.5. The molecule has 2 heterocycles. The number of rotatable bonds is 2. The van der Waals surface area contributed by atoms with Gasteiger partial charge < -0.3 is 4.74 Å². The van der Waals surface area contributed by atoms with E-state index < -0.39 is 0 Å². The van der Waals surface area contributed by atoms with Gasteiger partial charge in [-0.15, -0.1) is 17.5 Å². The quantitative estimate of drug-likeness (QED) is 0.726. The van der Waals surface area contributed by atoms with Crippen LogP contribution >= 0.6 is 24.0 Å². The summed E-state index contributed by atoms with van der Waals surface area (Å²) in [6, 6.07) is 5.28. The molecule has 2 aliphatic rings. The molecular formula is C11H9Cl2N5O. The van der Waals surface area contributed by atoms with Crippen LogP contribution in [-0.2, 0) is 0 Å². The first-order valence-corrected chi connectivity index (χ1v) is 5.52. The molecule has 6 nitrogen and oxygen atoms in total. The molecule has 0 unspecified atom stereocenters. The van der Waals surface area contributed by atoms with Crippen LogP contribution in [0.2, 0.25) is 5.02 Å². The lowest BCUT2D eigenvalue weighted by molar-refractivity contribution is 0.411. The summed E-state index contributed by atoms with van der Waals surface area (Å²) in [6.07, 6.45) is 2.98. The third-order valence-corrected chi connectivity index (χ3v) is 2.68. The minimum Gasteiger partial charge on any atom is -0.494 e. The first kappa shape index (κ1) is 13.5. The number of imidazole rings is 1. The van der Waals surface area contributed by atoms with E-state index >= 15 is 0 Å². The molecule has 19 heavy (non-hydrogen) atoms. The van der Waals surface area contributed by atoms with Crippen LogP contribution in [0.1, 0.15) is 0 Å². The van der Waals surface area contributed by atoms with Crippen LogP contribution in [0.25, 0.3) is 17.3 Å². The fourth-order valence-electron chi connectivity index (χ4n) is 1.61. The second-order valence-corrected chi connectivity index (χ2v) is 3.96. The Balaban J connectivity index is 0.00000133. The zero-order valence-corrected chi connectivity index (χ0v) is 11.4. The zero-order chi connectivity index (χ0) is 12.5. The van der Waals surface area contributed by atoms with Crippen LogP contribution in [0.15, 0.2) is 30.9 Å². The molecule has 0 fully saturated rings. The van der Waals surface area contributed by atoms with Crippen LogP contribution in [0.5, 0.6) is 5.75 Å². The van der Waals surface area contributed by atoms with Gasteiger partial charge in [0.05, 0.1) is 7.11 Å². The van der Waals surface area contributed by atoms with Crippen molar-refractivity contribution < 1.29 is 4.74 Å². The van der Waals surface area contributed by atoms with E-state index in [1.807, 2.05) is 0 Å².